The Morgan fingerprint density at radius 3 is 2.64 bits per heavy atom. The molecule has 3 aromatic rings. The maximum Gasteiger partial charge on any atom is 0.234 e. The van der Waals surface area contributed by atoms with Crippen LogP contribution in [0.1, 0.15) is 11.1 Å². The van der Waals surface area contributed by atoms with Crippen LogP contribution in [-0.2, 0) is 17.8 Å². The van der Waals surface area contributed by atoms with Crippen molar-refractivity contribution < 1.29 is 4.79 Å². The van der Waals surface area contributed by atoms with Gasteiger partial charge in [-0.25, -0.2) is 0 Å². The van der Waals surface area contributed by atoms with E-state index >= 15 is 0 Å². The van der Waals surface area contributed by atoms with E-state index in [2.05, 4.69) is 41.6 Å². The molecule has 0 unspecified atom stereocenters. The first-order chi connectivity index (χ1) is 12.2. The van der Waals surface area contributed by atoms with E-state index in [4.69, 9.17) is 0 Å². The Kier molecular flexibility index (Phi) is 5.90. The number of amides is 1. The first-order valence-electron chi connectivity index (χ1n) is 8.25. The van der Waals surface area contributed by atoms with Gasteiger partial charge in [0.15, 0.2) is 0 Å². The second-order valence-electron chi connectivity index (χ2n) is 5.88. The van der Waals surface area contributed by atoms with Gasteiger partial charge in [-0.2, -0.15) is 5.10 Å². The number of aromatic nitrogens is 2. The molecule has 1 heterocycles. The van der Waals surface area contributed by atoms with Crippen LogP contribution in [0.4, 0.5) is 5.69 Å². The average Bonchev–Trinajstić information content (AvgIpc) is 3.08. The molecule has 4 nitrogen and oxygen atoms in total. The average molecular weight is 351 g/mol. The lowest BCUT2D eigenvalue weighted by molar-refractivity contribution is -0.113. The van der Waals surface area contributed by atoms with Crippen LogP contribution < -0.4 is 5.32 Å². The summed E-state index contributed by atoms with van der Waals surface area (Å²) in [6, 6.07) is 18.5. The highest BCUT2D eigenvalue weighted by Gasteiger charge is 2.06. The Bertz CT molecular complexity index is 812. The van der Waals surface area contributed by atoms with Crippen molar-refractivity contribution in [1.82, 2.24) is 9.78 Å². The van der Waals surface area contributed by atoms with Gasteiger partial charge in [0.05, 0.1) is 17.6 Å². The van der Waals surface area contributed by atoms with Gasteiger partial charge in [0.1, 0.15) is 0 Å². The first-order valence-corrected chi connectivity index (χ1v) is 9.23. The predicted molar refractivity (Wildman–Crippen MR) is 103 cm³/mol. The topological polar surface area (TPSA) is 46.9 Å². The van der Waals surface area contributed by atoms with Crippen LogP contribution in [-0.4, -0.2) is 21.4 Å². The molecule has 1 aromatic heterocycles. The van der Waals surface area contributed by atoms with Crippen LogP contribution in [0.25, 0.3) is 0 Å². The summed E-state index contributed by atoms with van der Waals surface area (Å²) in [6.45, 7) is 2.84. The number of carbonyl (C=O) groups is 1. The molecule has 0 aliphatic carbocycles. The van der Waals surface area contributed by atoms with Crippen LogP contribution in [0.5, 0.6) is 0 Å². The highest BCUT2D eigenvalue weighted by molar-refractivity contribution is 8.00. The van der Waals surface area contributed by atoms with E-state index in [1.807, 2.05) is 41.2 Å². The maximum atomic E-state index is 12.1. The van der Waals surface area contributed by atoms with Crippen molar-refractivity contribution in [3.8, 4) is 0 Å². The smallest absolute Gasteiger partial charge is 0.234 e. The Hall–Kier alpha value is -2.53. The van der Waals surface area contributed by atoms with E-state index in [-0.39, 0.29) is 5.91 Å². The quantitative estimate of drug-likeness (QED) is 0.650. The van der Waals surface area contributed by atoms with E-state index in [0.29, 0.717) is 5.75 Å². The Morgan fingerprint density at radius 1 is 1.12 bits per heavy atom. The van der Waals surface area contributed by atoms with Crippen molar-refractivity contribution in [2.45, 2.75) is 24.8 Å². The molecule has 3 rings (SSSR count). The molecule has 1 amide bonds. The van der Waals surface area contributed by atoms with Crippen LogP contribution >= 0.6 is 11.8 Å². The second-order valence-corrected chi connectivity index (χ2v) is 6.93. The zero-order valence-corrected chi connectivity index (χ0v) is 15.0. The molecule has 0 saturated heterocycles. The summed E-state index contributed by atoms with van der Waals surface area (Å²) in [5, 5.41) is 7.21. The molecule has 1 N–H and O–H groups in total. The van der Waals surface area contributed by atoms with Gasteiger partial charge in [-0.05, 0) is 31.0 Å². The van der Waals surface area contributed by atoms with Crippen molar-refractivity contribution in [2.75, 3.05) is 11.1 Å². The molecular weight excluding hydrogens is 330 g/mol. The molecule has 0 aliphatic heterocycles. The summed E-state index contributed by atoms with van der Waals surface area (Å²) < 4.78 is 1.86. The summed E-state index contributed by atoms with van der Waals surface area (Å²) >= 11 is 1.53. The summed E-state index contributed by atoms with van der Waals surface area (Å²) in [6.07, 6.45) is 4.48. The highest BCUT2D eigenvalue weighted by Crippen LogP contribution is 2.18. The molecule has 0 saturated carbocycles. The highest BCUT2D eigenvalue weighted by atomic mass is 32.2. The third kappa shape index (κ3) is 5.50. The van der Waals surface area contributed by atoms with Gasteiger partial charge < -0.3 is 5.32 Å². The van der Waals surface area contributed by atoms with Crippen molar-refractivity contribution in [2.24, 2.45) is 0 Å². The molecule has 0 aliphatic rings. The summed E-state index contributed by atoms with van der Waals surface area (Å²) in [7, 11) is 0. The van der Waals surface area contributed by atoms with Crippen molar-refractivity contribution in [1.29, 1.82) is 0 Å². The molecule has 0 bridgehead atoms. The molecule has 0 fully saturated rings. The number of benzene rings is 2. The van der Waals surface area contributed by atoms with E-state index in [1.54, 1.807) is 6.20 Å². The molecule has 128 valence electrons. The van der Waals surface area contributed by atoms with Gasteiger partial charge in [0.25, 0.3) is 0 Å². The Labute approximate surface area is 152 Å². The molecule has 2 aromatic carbocycles. The fraction of sp³-hybridized carbons (Fsp3) is 0.200. The number of anilines is 1. The number of carbonyl (C=O) groups excluding carboxylic acids is 1. The van der Waals surface area contributed by atoms with E-state index in [0.717, 1.165) is 23.5 Å². The molecule has 0 spiro atoms. The Balaban J connectivity index is 1.45. The minimum Gasteiger partial charge on any atom is -0.323 e. The van der Waals surface area contributed by atoms with Crippen molar-refractivity contribution >= 4 is 23.4 Å². The largest absolute Gasteiger partial charge is 0.323 e. The van der Waals surface area contributed by atoms with Crippen LogP contribution in [0, 0.1) is 6.92 Å². The zero-order chi connectivity index (χ0) is 17.5. The monoisotopic (exact) mass is 351 g/mol. The summed E-state index contributed by atoms with van der Waals surface area (Å²) in [5.41, 5.74) is 3.23. The lowest BCUT2D eigenvalue weighted by atomic mass is 10.1. The fourth-order valence-corrected chi connectivity index (χ4v) is 3.12. The van der Waals surface area contributed by atoms with E-state index in [9.17, 15) is 4.79 Å². The second kappa shape index (κ2) is 8.53. The minimum atomic E-state index is -0.0202. The third-order valence-electron chi connectivity index (χ3n) is 3.78. The van der Waals surface area contributed by atoms with Gasteiger partial charge >= 0.3 is 0 Å². The number of nitrogens with one attached hydrogen (secondary N) is 1. The van der Waals surface area contributed by atoms with Crippen molar-refractivity contribution in [3.63, 3.8) is 0 Å². The van der Waals surface area contributed by atoms with Crippen LogP contribution in [0.3, 0.4) is 0 Å². The van der Waals surface area contributed by atoms with Gasteiger partial charge in [0, 0.05) is 17.6 Å². The standard InChI is InChI=1S/C20H21N3OS/c1-16-7-9-19(10-8-16)25-15-20(24)22-18-13-21-23(14-18)12-11-17-5-3-2-4-6-17/h2-10,13-14H,11-12,15H2,1H3,(H,22,24). The molecule has 25 heavy (non-hydrogen) atoms. The third-order valence-corrected chi connectivity index (χ3v) is 4.79. The van der Waals surface area contributed by atoms with Gasteiger partial charge in [-0.15, -0.1) is 11.8 Å². The Morgan fingerprint density at radius 2 is 1.88 bits per heavy atom. The number of rotatable bonds is 7. The van der Waals surface area contributed by atoms with Crippen molar-refractivity contribution in [3.05, 3.63) is 78.1 Å². The minimum absolute atomic E-state index is 0.0202. The van der Waals surface area contributed by atoms with E-state index < -0.39 is 0 Å². The van der Waals surface area contributed by atoms with Crippen LogP contribution in [0.2, 0.25) is 0 Å². The molecule has 5 heteroatoms. The van der Waals surface area contributed by atoms with Gasteiger partial charge in [-0.3, -0.25) is 9.48 Å². The van der Waals surface area contributed by atoms with E-state index in [1.165, 1.54) is 22.9 Å². The normalized spacial score (nSPS) is 10.6. The zero-order valence-electron chi connectivity index (χ0n) is 14.2. The number of aryl methyl sites for hydroxylation is 3. The number of hydrogen-bond acceptors (Lipinski definition) is 3. The summed E-state index contributed by atoms with van der Waals surface area (Å²) in [4.78, 5) is 13.2. The maximum absolute atomic E-state index is 12.1. The number of thioether (sulfide) groups is 1. The van der Waals surface area contributed by atoms with Gasteiger partial charge in [-0.1, -0.05) is 48.0 Å². The molecule has 0 radical (unpaired) electrons. The SMILES string of the molecule is Cc1ccc(SCC(=O)Nc2cnn(CCc3ccccc3)c2)cc1. The number of nitrogens with zero attached hydrogens (tertiary/aromatic N) is 2. The summed E-state index contributed by atoms with van der Waals surface area (Å²) in [5.74, 6) is 0.367. The van der Waals surface area contributed by atoms with Gasteiger partial charge in [0.2, 0.25) is 5.91 Å². The predicted octanol–water partition coefficient (Wildman–Crippen LogP) is 4.17. The first kappa shape index (κ1) is 17.3. The molecule has 0 atom stereocenters. The lowest BCUT2D eigenvalue weighted by Gasteiger charge is -2.04. The molecular formula is C20H21N3OS. The number of hydrogen-bond donors (Lipinski definition) is 1. The lowest BCUT2D eigenvalue weighted by Crippen LogP contribution is -2.13. The fourth-order valence-electron chi connectivity index (χ4n) is 2.42. The van der Waals surface area contributed by atoms with Crippen LogP contribution in [0.15, 0.2) is 71.9 Å².